The third-order valence-corrected chi connectivity index (χ3v) is 2.57. The number of carbonyl (C=O) groups excluding carboxylic acids is 2. The van der Waals surface area contributed by atoms with Gasteiger partial charge in [-0.3, -0.25) is 9.59 Å². The number of hydrogen-bond donors (Lipinski definition) is 2. The van der Waals surface area contributed by atoms with Crippen molar-refractivity contribution >= 4 is 11.8 Å². The Hall–Kier alpha value is -2.30. The van der Waals surface area contributed by atoms with Crippen molar-refractivity contribution < 1.29 is 24.5 Å². The molecule has 0 atom stereocenters. The van der Waals surface area contributed by atoms with Crippen LogP contribution in [-0.4, -0.2) is 29.1 Å². The van der Waals surface area contributed by atoms with Gasteiger partial charge in [-0.05, 0) is 37.6 Å². The predicted molar refractivity (Wildman–Crippen MR) is 69.1 cm³/mol. The van der Waals surface area contributed by atoms with Crippen LogP contribution in [0.4, 0.5) is 0 Å². The molecule has 0 amide bonds. The largest absolute Gasteiger partial charge is 0.508 e. The number of phenolic OH excluding ortho intramolecular Hbond substituents is 2. The summed E-state index contributed by atoms with van der Waals surface area (Å²) in [6.45, 7) is 1.71. The number of benzene rings is 1. The first-order valence-corrected chi connectivity index (χ1v) is 5.74. The van der Waals surface area contributed by atoms with Crippen molar-refractivity contribution in [2.75, 3.05) is 7.11 Å². The van der Waals surface area contributed by atoms with Gasteiger partial charge < -0.3 is 14.9 Å². The SMILES string of the molecule is COC(=O)CC/C(C)=C/C(=O)c1cc(O)ccc1O. The highest BCUT2D eigenvalue weighted by Crippen LogP contribution is 2.23. The smallest absolute Gasteiger partial charge is 0.305 e. The second-order valence-electron chi connectivity index (χ2n) is 4.13. The van der Waals surface area contributed by atoms with Crippen LogP contribution >= 0.6 is 0 Å². The van der Waals surface area contributed by atoms with E-state index in [0.29, 0.717) is 12.0 Å². The van der Waals surface area contributed by atoms with Crippen molar-refractivity contribution in [1.82, 2.24) is 0 Å². The molecule has 5 nitrogen and oxygen atoms in total. The summed E-state index contributed by atoms with van der Waals surface area (Å²) < 4.78 is 4.50. The van der Waals surface area contributed by atoms with E-state index in [0.717, 1.165) is 0 Å². The summed E-state index contributed by atoms with van der Waals surface area (Å²) in [5, 5.41) is 18.8. The number of ether oxygens (including phenoxy) is 1. The van der Waals surface area contributed by atoms with Gasteiger partial charge in [0.1, 0.15) is 11.5 Å². The lowest BCUT2D eigenvalue weighted by Gasteiger charge is -2.03. The molecule has 1 rings (SSSR count). The van der Waals surface area contributed by atoms with Crippen molar-refractivity contribution in [1.29, 1.82) is 0 Å². The van der Waals surface area contributed by atoms with Gasteiger partial charge in [-0.25, -0.2) is 0 Å². The van der Waals surface area contributed by atoms with E-state index in [-0.39, 0.29) is 29.5 Å². The zero-order valence-electron chi connectivity index (χ0n) is 10.8. The van der Waals surface area contributed by atoms with Crippen LogP contribution in [0.3, 0.4) is 0 Å². The van der Waals surface area contributed by atoms with E-state index in [1.807, 2.05) is 0 Å². The molecule has 102 valence electrons. The Labute approximate surface area is 111 Å². The Morgan fingerprint density at radius 3 is 2.58 bits per heavy atom. The summed E-state index contributed by atoms with van der Waals surface area (Å²) in [5.74, 6) is -1.06. The number of ketones is 1. The quantitative estimate of drug-likeness (QED) is 0.368. The van der Waals surface area contributed by atoms with Crippen molar-refractivity contribution in [2.45, 2.75) is 19.8 Å². The highest BCUT2D eigenvalue weighted by molar-refractivity contribution is 6.07. The molecule has 0 saturated heterocycles. The van der Waals surface area contributed by atoms with Crippen molar-refractivity contribution in [3.63, 3.8) is 0 Å². The van der Waals surface area contributed by atoms with Gasteiger partial charge in [-0.2, -0.15) is 0 Å². The third-order valence-electron chi connectivity index (χ3n) is 2.57. The number of rotatable bonds is 5. The van der Waals surface area contributed by atoms with E-state index in [1.165, 1.54) is 31.4 Å². The van der Waals surface area contributed by atoms with Gasteiger partial charge in [-0.15, -0.1) is 0 Å². The second kappa shape index (κ2) is 6.58. The highest BCUT2D eigenvalue weighted by atomic mass is 16.5. The third kappa shape index (κ3) is 4.46. The number of phenols is 2. The summed E-state index contributed by atoms with van der Waals surface area (Å²) in [6.07, 6.45) is 1.92. The minimum atomic E-state index is -0.421. The summed E-state index contributed by atoms with van der Waals surface area (Å²) in [6, 6.07) is 3.74. The molecule has 1 aromatic carbocycles. The monoisotopic (exact) mass is 264 g/mol. The normalized spacial score (nSPS) is 11.2. The first kappa shape index (κ1) is 14.8. The Morgan fingerprint density at radius 1 is 1.26 bits per heavy atom. The Morgan fingerprint density at radius 2 is 1.95 bits per heavy atom. The summed E-state index contributed by atoms with van der Waals surface area (Å²) in [7, 11) is 1.30. The lowest BCUT2D eigenvalue weighted by Crippen LogP contribution is -2.01. The number of aromatic hydroxyl groups is 2. The molecule has 0 heterocycles. The molecule has 19 heavy (non-hydrogen) atoms. The van der Waals surface area contributed by atoms with Crippen LogP contribution in [0.15, 0.2) is 29.8 Å². The molecule has 0 fully saturated rings. The van der Waals surface area contributed by atoms with Gasteiger partial charge in [0.05, 0.1) is 12.7 Å². The first-order valence-electron chi connectivity index (χ1n) is 5.74. The Bertz CT molecular complexity index is 517. The summed E-state index contributed by atoms with van der Waals surface area (Å²) >= 11 is 0. The Kier molecular flexibility index (Phi) is 5.11. The molecule has 0 spiro atoms. The molecular weight excluding hydrogens is 248 g/mol. The van der Waals surface area contributed by atoms with E-state index in [1.54, 1.807) is 6.92 Å². The van der Waals surface area contributed by atoms with Gasteiger partial charge in [0.2, 0.25) is 0 Å². The maximum atomic E-state index is 11.9. The molecule has 2 N–H and O–H groups in total. The number of methoxy groups -OCH3 is 1. The van der Waals surface area contributed by atoms with Crippen molar-refractivity contribution in [2.24, 2.45) is 0 Å². The minimum absolute atomic E-state index is 0.0254. The molecule has 0 unspecified atom stereocenters. The van der Waals surface area contributed by atoms with Crippen molar-refractivity contribution in [3.8, 4) is 11.5 Å². The lowest BCUT2D eigenvalue weighted by molar-refractivity contribution is -0.140. The van der Waals surface area contributed by atoms with Gasteiger partial charge in [-0.1, -0.05) is 5.57 Å². The number of hydrogen-bond acceptors (Lipinski definition) is 5. The van der Waals surface area contributed by atoms with Gasteiger partial charge in [0, 0.05) is 6.42 Å². The zero-order chi connectivity index (χ0) is 14.4. The van der Waals surface area contributed by atoms with Crippen LogP contribution in [-0.2, 0) is 9.53 Å². The average Bonchev–Trinajstić information content (AvgIpc) is 2.38. The standard InChI is InChI=1S/C14H16O5/c1-9(3-6-14(18)19-2)7-13(17)11-8-10(15)4-5-12(11)16/h4-5,7-8,15-16H,3,6H2,1-2H3/b9-7+. The Balaban J connectivity index is 2.77. The van der Waals surface area contributed by atoms with Crippen LogP contribution in [0.25, 0.3) is 0 Å². The maximum Gasteiger partial charge on any atom is 0.305 e. The van der Waals surface area contributed by atoms with E-state index in [4.69, 9.17) is 0 Å². The van der Waals surface area contributed by atoms with Crippen LogP contribution in [0.5, 0.6) is 11.5 Å². The fourth-order valence-corrected chi connectivity index (χ4v) is 1.50. The molecule has 0 aliphatic carbocycles. The molecule has 0 bridgehead atoms. The topological polar surface area (TPSA) is 83.8 Å². The molecule has 5 heteroatoms. The van der Waals surface area contributed by atoms with Crippen LogP contribution in [0.2, 0.25) is 0 Å². The van der Waals surface area contributed by atoms with Crippen LogP contribution < -0.4 is 0 Å². The minimum Gasteiger partial charge on any atom is -0.508 e. The van der Waals surface area contributed by atoms with E-state index in [9.17, 15) is 19.8 Å². The van der Waals surface area contributed by atoms with E-state index < -0.39 is 5.78 Å². The lowest BCUT2D eigenvalue weighted by atomic mass is 10.0. The predicted octanol–water partition coefficient (Wildman–Crippen LogP) is 2.18. The summed E-state index contributed by atoms with van der Waals surface area (Å²) in [5.41, 5.74) is 0.718. The second-order valence-corrected chi connectivity index (χ2v) is 4.13. The molecule has 0 aliphatic heterocycles. The van der Waals surface area contributed by atoms with Crippen LogP contribution in [0, 0.1) is 0 Å². The summed E-state index contributed by atoms with van der Waals surface area (Å²) in [4.78, 5) is 22.8. The maximum absolute atomic E-state index is 11.9. The molecule has 1 aromatic rings. The van der Waals surface area contributed by atoms with Gasteiger partial charge >= 0.3 is 5.97 Å². The van der Waals surface area contributed by atoms with E-state index in [2.05, 4.69) is 4.74 Å². The molecular formula is C14H16O5. The molecule has 0 saturated carbocycles. The number of carbonyl (C=O) groups is 2. The average molecular weight is 264 g/mol. The fourth-order valence-electron chi connectivity index (χ4n) is 1.50. The first-order chi connectivity index (χ1) is 8.93. The van der Waals surface area contributed by atoms with Crippen LogP contribution in [0.1, 0.15) is 30.1 Å². The van der Waals surface area contributed by atoms with E-state index >= 15 is 0 Å². The number of esters is 1. The number of allylic oxidation sites excluding steroid dienone is 2. The van der Waals surface area contributed by atoms with Gasteiger partial charge in [0.25, 0.3) is 0 Å². The fraction of sp³-hybridized carbons (Fsp3) is 0.286. The molecule has 0 aliphatic rings. The zero-order valence-corrected chi connectivity index (χ0v) is 10.8. The highest BCUT2D eigenvalue weighted by Gasteiger charge is 2.10. The molecule has 0 radical (unpaired) electrons. The molecule has 0 aromatic heterocycles. The van der Waals surface area contributed by atoms with Crippen molar-refractivity contribution in [3.05, 3.63) is 35.4 Å². The van der Waals surface area contributed by atoms with Gasteiger partial charge in [0.15, 0.2) is 5.78 Å².